The van der Waals surface area contributed by atoms with Crippen LogP contribution in [0.25, 0.3) is 0 Å². The van der Waals surface area contributed by atoms with Crippen LogP contribution in [-0.4, -0.2) is 31.6 Å². The SMILES string of the molecule is Cc1noc(CCNc2ncnc(N)c2[N+](=O)[O-])n1. The number of nitrogens with zero attached hydrogens (tertiary/aromatic N) is 5. The molecular weight excluding hydrogens is 254 g/mol. The minimum atomic E-state index is -0.630. The molecule has 0 aromatic carbocycles. The van der Waals surface area contributed by atoms with E-state index in [1.807, 2.05) is 0 Å². The van der Waals surface area contributed by atoms with E-state index < -0.39 is 4.92 Å². The van der Waals surface area contributed by atoms with E-state index in [0.29, 0.717) is 24.7 Å². The Morgan fingerprint density at radius 2 is 2.32 bits per heavy atom. The Hall–Kier alpha value is -2.78. The van der Waals surface area contributed by atoms with Gasteiger partial charge in [-0.3, -0.25) is 10.1 Å². The van der Waals surface area contributed by atoms with Gasteiger partial charge in [0.05, 0.1) is 4.92 Å². The van der Waals surface area contributed by atoms with Crippen molar-refractivity contribution in [1.82, 2.24) is 20.1 Å². The zero-order valence-electron chi connectivity index (χ0n) is 10.0. The van der Waals surface area contributed by atoms with Gasteiger partial charge in [-0.25, -0.2) is 9.97 Å². The molecule has 10 heteroatoms. The molecule has 2 aromatic heterocycles. The summed E-state index contributed by atoms with van der Waals surface area (Å²) in [6.45, 7) is 2.05. The number of rotatable bonds is 5. The summed E-state index contributed by atoms with van der Waals surface area (Å²) in [5, 5.41) is 17.3. The highest BCUT2D eigenvalue weighted by molar-refractivity contribution is 5.67. The van der Waals surface area contributed by atoms with E-state index in [0.717, 1.165) is 6.33 Å². The largest absolute Gasteiger partial charge is 0.378 e. The first-order valence-corrected chi connectivity index (χ1v) is 5.36. The molecule has 0 bridgehead atoms. The molecule has 2 rings (SSSR count). The summed E-state index contributed by atoms with van der Waals surface area (Å²) in [6.07, 6.45) is 1.57. The molecule has 0 aliphatic carbocycles. The summed E-state index contributed by atoms with van der Waals surface area (Å²) < 4.78 is 4.91. The monoisotopic (exact) mass is 265 g/mol. The molecule has 0 fully saturated rings. The van der Waals surface area contributed by atoms with Crippen LogP contribution in [0.5, 0.6) is 0 Å². The molecule has 100 valence electrons. The molecule has 2 heterocycles. The van der Waals surface area contributed by atoms with Crippen LogP contribution in [0, 0.1) is 17.0 Å². The number of nitrogens with one attached hydrogen (secondary N) is 1. The maximum atomic E-state index is 10.8. The van der Waals surface area contributed by atoms with Crippen molar-refractivity contribution in [2.45, 2.75) is 13.3 Å². The van der Waals surface area contributed by atoms with Crippen LogP contribution >= 0.6 is 0 Å². The summed E-state index contributed by atoms with van der Waals surface area (Å²) >= 11 is 0. The summed E-state index contributed by atoms with van der Waals surface area (Å²) in [5.74, 6) is 0.854. The van der Waals surface area contributed by atoms with Gasteiger partial charge < -0.3 is 15.6 Å². The fourth-order valence-electron chi connectivity index (χ4n) is 1.43. The van der Waals surface area contributed by atoms with Crippen molar-refractivity contribution in [2.24, 2.45) is 0 Å². The predicted molar refractivity (Wildman–Crippen MR) is 64.3 cm³/mol. The van der Waals surface area contributed by atoms with E-state index in [9.17, 15) is 10.1 Å². The number of hydrogen-bond donors (Lipinski definition) is 2. The van der Waals surface area contributed by atoms with Crippen molar-refractivity contribution in [3.63, 3.8) is 0 Å². The summed E-state index contributed by atoms with van der Waals surface area (Å²) in [4.78, 5) is 21.6. The predicted octanol–water partition coefficient (Wildman–Crippen LogP) is 0.313. The Balaban J connectivity index is 2.03. The van der Waals surface area contributed by atoms with Gasteiger partial charge in [0.2, 0.25) is 17.5 Å². The van der Waals surface area contributed by atoms with Crippen molar-refractivity contribution >= 4 is 17.3 Å². The first-order valence-electron chi connectivity index (χ1n) is 5.36. The van der Waals surface area contributed by atoms with Crippen LogP contribution in [-0.2, 0) is 6.42 Å². The Labute approximate surface area is 107 Å². The molecule has 10 nitrogen and oxygen atoms in total. The Bertz CT molecular complexity index is 597. The second-order valence-electron chi connectivity index (χ2n) is 3.63. The standard InChI is InChI=1S/C9H11N7O3/c1-5-14-6(19-15-5)2-3-11-9-7(16(17)18)8(10)12-4-13-9/h4H,2-3H2,1H3,(H3,10,11,12,13). The lowest BCUT2D eigenvalue weighted by Gasteiger charge is -2.04. The van der Waals surface area contributed by atoms with Crippen LogP contribution < -0.4 is 11.1 Å². The molecule has 3 N–H and O–H groups in total. The Morgan fingerprint density at radius 1 is 1.53 bits per heavy atom. The lowest BCUT2D eigenvalue weighted by molar-refractivity contribution is -0.383. The van der Waals surface area contributed by atoms with E-state index in [1.54, 1.807) is 6.92 Å². The van der Waals surface area contributed by atoms with Gasteiger partial charge in [-0.05, 0) is 6.92 Å². The van der Waals surface area contributed by atoms with E-state index >= 15 is 0 Å². The third kappa shape index (κ3) is 2.91. The zero-order chi connectivity index (χ0) is 13.8. The van der Waals surface area contributed by atoms with Crippen LogP contribution in [0.4, 0.5) is 17.3 Å². The quantitative estimate of drug-likeness (QED) is 0.575. The molecule has 0 saturated carbocycles. The van der Waals surface area contributed by atoms with Gasteiger partial charge in [-0.15, -0.1) is 0 Å². The number of anilines is 2. The van der Waals surface area contributed by atoms with Crippen LogP contribution in [0.2, 0.25) is 0 Å². The normalized spacial score (nSPS) is 10.4. The van der Waals surface area contributed by atoms with Gasteiger partial charge in [-0.2, -0.15) is 4.98 Å². The van der Waals surface area contributed by atoms with Crippen LogP contribution in [0.15, 0.2) is 10.9 Å². The molecule has 0 spiro atoms. The maximum absolute atomic E-state index is 10.8. The van der Waals surface area contributed by atoms with Crippen LogP contribution in [0.3, 0.4) is 0 Å². The first kappa shape index (κ1) is 12.7. The van der Waals surface area contributed by atoms with Gasteiger partial charge in [0.1, 0.15) is 6.33 Å². The Kier molecular flexibility index (Phi) is 3.50. The van der Waals surface area contributed by atoms with Gasteiger partial charge in [0.25, 0.3) is 0 Å². The molecule has 0 radical (unpaired) electrons. The maximum Gasteiger partial charge on any atom is 0.352 e. The molecule has 0 unspecified atom stereocenters. The number of aryl methyl sites for hydroxylation is 1. The van der Waals surface area contributed by atoms with E-state index in [1.165, 1.54) is 0 Å². The molecule has 2 aromatic rings. The number of nitrogen functional groups attached to an aromatic ring is 1. The molecular formula is C9H11N7O3. The lowest BCUT2D eigenvalue weighted by atomic mass is 10.4. The summed E-state index contributed by atoms with van der Waals surface area (Å²) in [6, 6.07) is 0. The second kappa shape index (κ2) is 5.25. The molecule has 0 aliphatic rings. The Morgan fingerprint density at radius 3 is 2.95 bits per heavy atom. The lowest BCUT2D eigenvalue weighted by Crippen LogP contribution is -2.10. The van der Waals surface area contributed by atoms with E-state index in [-0.39, 0.29) is 17.3 Å². The smallest absolute Gasteiger partial charge is 0.352 e. The van der Waals surface area contributed by atoms with Gasteiger partial charge in [0, 0.05) is 13.0 Å². The van der Waals surface area contributed by atoms with Gasteiger partial charge in [0.15, 0.2) is 5.82 Å². The third-order valence-corrected chi connectivity index (χ3v) is 2.23. The van der Waals surface area contributed by atoms with Gasteiger partial charge in [-0.1, -0.05) is 5.16 Å². The van der Waals surface area contributed by atoms with Gasteiger partial charge >= 0.3 is 5.69 Å². The summed E-state index contributed by atoms with van der Waals surface area (Å²) in [5.41, 5.74) is 5.09. The van der Waals surface area contributed by atoms with Crippen molar-refractivity contribution in [1.29, 1.82) is 0 Å². The highest BCUT2D eigenvalue weighted by Gasteiger charge is 2.20. The first-order chi connectivity index (χ1) is 9.08. The van der Waals surface area contributed by atoms with Crippen LogP contribution in [0.1, 0.15) is 11.7 Å². The minimum Gasteiger partial charge on any atom is -0.378 e. The second-order valence-corrected chi connectivity index (χ2v) is 3.63. The number of hydrogen-bond acceptors (Lipinski definition) is 9. The average molecular weight is 265 g/mol. The third-order valence-electron chi connectivity index (χ3n) is 2.23. The topological polar surface area (TPSA) is 146 Å². The zero-order valence-corrected chi connectivity index (χ0v) is 10.0. The fraction of sp³-hybridized carbons (Fsp3) is 0.333. The highest BCUT2D eigenvalue weighted by atomic mass is 16.6. The summed E-state index contributed by atoms with van der Waals surface area (Å²) in [7, 11) is 0. The average Bonchev–Trinajstić information content (AvgIpc) is 2.74. The van der Waals surface area contributed by atoms with E-state index in [4.69, 9.17) is 10.3 Å². The molecule has 0 atom stereocenters. The van der Waals surface area contributed by atoms with E-state index in [2.05, 4.69) is 25.4 Å². The molecule has 0 aliphatic heterocycles. The highest BCUT2D eigenvalue weighted by Crippen LogP contribution is 2.25. The van der Waals surface area contributed by atoms with Crippen molar-refractivity contribution in [3.05, 3.63) is 28.2 Å². The van der Waals surface area contributed by atoms with Crippen molar-refractivity contribution in [3.8, 4) is 0 Å². The molecule has 0 saturated heterocycles. The number of nitrogens with two attached hydrogens (primary N) is 1. The number of aromatic nitrogens is 4. The fourth-order valence-corrected chi connectivity index (χ4v) is 1.43. The minimum absolute atomic E-state index is 0.0636. The van der Waals surface area contributed by atoms with Crippen molar-refractivity contribution < 1.29 is 9.45 Å². The molecule has 0 amide bonds. The number of nitro groups is 1. The molecule has 19 heavy (non-hydrogen) atoms. The van der Waals surface area contributed by atoms with Crippen molar-refractivity contribution in [2.75, 3.05) is 17.6 Å².